The zero-order valence-electron chi connectivity index (χ0n) is 28.4. The van der Waals surface area contributed by atoms with Crippen LogP contribution in [0.3, 0.4) is 0 Å². The van der Waals surface area contributed by atoms with Gasteiger partial charge in [-0.05, 0) is 104 Å². The minimum absolute atomic E-state index is 0.0294. The number of fused-ring (bicyclic) bond motifs is 1. The smallest absolute Gasteiger partial charge is 0.257 e. The van der Waals surface area contributed by atoms with Gasteiger partial charge in [0.1, 0.15) is 12.1 Å². The van der Waals surface area contributed by atoms with Crippen LogP contribution >= 0.6 is 23.2 Å². The van der Waals surface area contributed by atoms with Crippen LogP contribution in [0.2, 0.25) is 10.0 Å². The van der Waals surface area contributed by atoms with E-state index in [1.807, 2.05) is 60.0 Å². The number of Topliss-reactive ketones (excluding diaryl/α,β-unsaturated/α-hetero) is 1. The number of likely N-dealkylation sites (tertiary alicyclic amines) is 1. The molecule has 1 amide bonds. The molecule has 260 valence electrons. The fourth-order valence-electron chi connectivity index (χ4n) is 6.63. The van der Waals surface area contributed by atoms with Crippen LogP contribution in [0.5, 0.6) is 5.75 Å². The number of ether oxygens (including phenoxy) is 1. The molecule has 0 N–H and O–H groups in total. The molecule has 0 radical (unpaired) electrons. The Morgan fingerprint density at radius 3 is 2.58 bits per heavy atom. The highest BCUT2D eigenvalue weighted by atomic mass is 35.5. The summed E-state index contributed by atoms with van der Waals surface area (Å²) in [4.78, 5) is 36.5. The summed E-state index contributed by atoms with van der Waals surface area (Å²) in [6.45, 7) is 5.43. The molecule has 6 rings (SSSR count). The molecule has 1 fully saturated rings. The van der Waals surface area contributed by atoms with Gasteiger partial charge in [0.15, 0.2) is 5.82 Å². The van der Waals surface area contributed by atoms with Crippen molar-refractivity contribution in [3.63, 3.8) is 0 Å². The topological polar surface area (TPSA) is 111 Å². The molecule has 0 aliphatic carbocycles. The number of hydrogen-bond donors (Lipinski definition) is 0. The molecule has 11 nitrogen and oxygen atoms in total. The molecular formula is C37H40Cl2N8O3. The molecule has 0 spiro atoms. The van der Waals surface area contributed by atoms with E-state index in [0.29, 0.717) is 46.0 Å². The van der Waals surface area contributed by atoms with Crippen molar-refractivity contribution in [3.8, 4) is 11.4 Å². The predicted molar refractivity (Wildman–Crippen MR) is 195 cm³/mol. The SMILES string of the molecule is C/C=C/Cn1c(C(=O)C2CCN(CCC(CN(C)C(=O)c3cc(-n4cnnn4)ccc3OC)c3ccc(Cl)c(Cl)c3)CC2)nc2ccccc21. The van der Waals surface area contributed by atoms with Crippen molar-refractivity contribution < 1.29 is 14.3 Å². The number of halogens is 2. The number of nitrogens with zero attached hydrogens (tertiary/aromatic N) is 8. The molecule has 5 aromatic rings. The van der Waals surface area contributed by atoms with Gasteiger partial charge in [-0.3, -0.25) is 9.59 Å². The van der Waals surface area contributed by atoms with E-state index in [4.69, 9.17) is 32.9 Å². The third kappa shape index (κ3) is 7.75. The van der Waals surface area contributed by atoms with Crippen LogP contribution in [0.4, 0.5) is 0 Å². The Kier molecular flexibility index (Phi) is 11.3. The molecule has 13 heteroatoms. The summed E-state index contributed by atoms with van der Waals surface area (Å²) < 4.78 is 9.07. The number of para-hydroxylation sites is 2. The summed E-state index contributed by atoms with van der Waals surface area (Å²) in [7, 11) is 3.33. The quantitative estimate of drug-likeness (QED) is 0.0974. The molecule has 0 bridgehead atoms. The first-order chi connectivity index (χ1) is 24.3. The number of rotatable bonds is 13. The number of imidazole rings is 1. The Hall–Kier alpha value is -4.58. The van der Waals surface area contributed by atoms with E-state index in [2.05, 4.69) is 20.4 Å². The first-order valence-corrected chi connectivity index (χ1v) is 17.5. The van der Waals surface area contributed by atoms with Crippen LogP contribution in [-0.4, -0.2) is 91.6 Å². The highest BCUT2D eigenvalue weighted by molar-refractivity contribution is 6.42. The van der Waals surface area contributed by atoms with Crippen molar-refractivity contribution in [2.45, 2.75) is 38.6 Å². The van der Waals surface area contributed by atoms with E-state index in [1.165, 1.54) is 18.1 Å². The Balaban J connectivity index is 1.14. The first-order valence-electron chi connectivity index (χ1n) is 16.7. The molecule has 3 aromatic carbocycles. The standard InChI is InChI=1S/C37H40Cl2N8O3/c1-4-5-17-46-33-9-7-6-8-32(33)41-36(46)35(48)25-14-18-45(19-15-25)20-16-27(26-10-12-30(38)31(39)21-26)23-44(2)37(49)29-22-28(11-13-34(29)50-3)47-24-40-42-43-47/h4-13,21-22,24-25,27H,14-20,23H2,1-3H3/b5-4+. The summed E-state index contributed by atoms with van der Waals surface area (Å²) >= 11 is 12.7. The summed E-state index contributed by atoms with van der Waals surface area (Å²) in [5.41, 5.74) is 3.86. The lowest BCUT2D eigenvalue weighted by Gasteiger charge is -2.33. The van der Waals surface area contributed by atoms with Crippen molar-refractivity contribution in [3.05, 3.63) is 106 Å². The number of hydrogen-bond acceptors (Lipinski definition) is 8. The first kappa shape index (κ1) is 35.3. The van der Waals surface area contributed by atoms with E-state index in [9.17, 15) is 9.59 Å². The number of likely N-dealkylation sites (N-methyl/N-ethyl adjacent to an activating group) is 1. The third-order valence-corrected chi connectivity index (χ3v) is 10.2. The van der Waals surface area contributed by atoms with Crippen molar-refractivity contribution in [2.24, 2.45) is 5.92 Å². The van der Waals surface area contributed by atoms with Gasteiger partial charge in [-0.15, -0.1) is 5.10 Å². The monoisotopic (exact) mass is 714 g/mol. The van der Waals surface area contributed by atoms with Crippen molar-refractivity contribution in [1.82, 2.24) is 39.6 Å². The number of allylic oxidation sites excluding steroid dienone is 2. The Morgan fingerprint density at radius 2 is 1.86 bits per heavy atom. The van der Waals surface area contributed by atoms with Gasteiger partial charge in [-0.2, -0.15) is 0 Å². The van der Waals surface area contributed by atoms with Crippen LogP contribution in [0, 0.1) is 5.92 Å². The van der Waals surface area contributed by atoms with E-state index in [-0.39, 0.29) is 23.5 Å². The van der Waals surface area contributed by atoms with Crippen molar-refractivity contribution in [2.75, 3.05) is 40.3 Å². The Labute approximate surface area is 301 Å². The number of carbonyl (C=O) groups excluding carboxylic acids is 2. The van der Waals surface area contributed by atoms with Gasteiger partial charge in [-0.25, -0.2) is 9.67 Å². The number of benzene rings is 3. The Bertz CT molecular complexity index is 1990. The van der Waals surface area contributed by atoms with Gasteiger partial charge < -0.3 is 19.1 Å². The van der Waals surface area contributed by atoms with Gasteiger partial charge in [0.2, 0.25) is 5.78 Å². The van der Waals surface area contributed by atoms with Crippen LogP contribution in [0.1, 0.15) is 58.6 Å². The average Bonchev–Trinajstić information content (AvgIpc) is 3.82. The molecule has 1 aliphatic heterocycles. The van der Waals surface area contributed by atoms with Gasteiger partial charge in [0.05, 0.1) is 39.4 Å². The lowest BCUT2D eigenvalue weighted by molar-refractivity contribution is 0.0776. The number of piperidine rings is 1. The number of amides is 1. The normalized spacial score (nSPS) is 14.7. The van der Waals surface area contributed by atoms with Crippen LogP contribution in [-0.2, 0) is 6.54 Å². The van der Waals surface area contributed by atoms with Gasteiger partial charge in [0, 0.05) is 32.0 Å². The number of ketones is 1. The maximum atomic E-state index is 13.9. The van der Waals surface area contributed by atoms with Gasteiger partial charge in [-0.1, -0.05) is 53.6 Å². The third-order valence-electron chi connectivity index (χ3n) is 9.43. The molecular weight excluding hydrogens is 675 g/mol. The van der Waals surface area contributed by atoms with E-state index >= 15 is 0 Å². The van der Waals surface area contributed by atoms with Crippen LogP contribution < -0.4 is 4.74 Å². The number of tetrazole rings is 1. The highest BCUT2D eigenvalue weighted by Crippen LogP contribution is 2.31. The molecule has 2 aromatic heterocycles. The maximum absolute atomic E-state index is 13.9. The number of methoxy groups -OCH3 is 1. The summed E-state index contributed by atoms with van der Waals surface area (Å²) in [5, 5.41) is 12.3. The van der Waals surface area contributed by atoms with Crippen LogP contribution in [0.15, 0.2) is 79.1 Å². The van der Waals surface area contributed by atoms with Gasteiger partial charge >= 0.3 is 0 Å². The van der Waals surface area contributed by atoms with E-state index in [0.717, 1.165) is 55.5 Å². The minimum atomic E-state index is -0.193. The van der Waals surface area contributed by atoms with Crippen LogP contribution in [0.25, 0.3) is 16.7 Å². The van der Waals surface area contributed by atoms with E-state index in [1.54, 1.807) is 36.2 Å². The molecule has 1 unspecified atom stereocenters. The molecule has 50 heavy (non-hydrogen) atoms. The minimum Gasteiger partial charge on any atom is -0.496 e. The summed E-state index contributed by atoms with van der Waals surface area (Å²) in [5.74, 6) is 0.801. The maximum Gasteiger partial charge on any atom is 0.257 e. The van der Waals surface area contributed by atoms with Crippen molar-refractivity contribution >= 4 is 45.9 Å². The predicted octanol–water partition coefficient (Wildman–Crippen LogP) is 6.74. The molecule has 1 saturated heterocycles. The Morgan fingerprint density at radius 1 is 1.06 bits per heavy atom. The second-order valence-corrected chi connectivity index (χ2v) is 13.4. The fraction of sp³-hybridized carbons (Fsp3) is 0.351. The number of aromatic nitrogens is 6. The molecule has 3 heterocycles. The van der Waals surface area contributed by atoms with Crippen molar-refractivity contribution in [1.29, 1.82) is 0 Å². The lowest BCUT2D eigenvalue weighted by Crippen LogP contribution is -2.38. The summed E-state index contributed by atoms with van der Waals surface area (Å²) in [6, 6.07) is 18.8. The summed E-state index contributed by atoms with van der Waals surface area (Å²) in [6.07, 6.45) is 7.81. The molecule has 1 atom stereocenters. The second-order valence-electron chi connectivity index (χ2n) is 12.6. The zero-order valence-corrected chi connectivity index (χ0v) is 29.9. The largest absolute Gasteiger partial charge is 0.496 e. The zero-order chi connectivity index (χ0) is 35.2. The average molecular weight is 716 g/mol. The highest BCUT2D eigenvalue weighted by Gasteiger charge is 2.30. The molecule has 0 saturated carbocycles. The fourth-order valence-corrected chi connectivity index (χ4v) is 6.94. The lowest BCUT2D eigenvalue weighted by atomic mass is 9.90. The second kappa shape index (κ2) is 16.0. The van der Waals surface area contributed by atoms with Gasteiger partial charge in [0.25, 0.3) is 5.91 Å². The van der Waals surface area contributed by atoms with E-state index < -0.39 is 0 Å². The molecule has 1 aliphatic rings. The number of carbonyl (C=O) groups is 2.